The minimum Gasteiger partial charge on any atom is -0.388 e. The number of carbonyl (C=O) groups is 1. The number of pyridine rings is 1. The van der Waals surface area contributed by atoms with Crippen LogP contribution in [-0.4, -0.2) is 17.9 Å². The summed E-state index contributed by atoms with van der Waals surface area (Å²) in [6, 6.07) is 7.93. The van der Waals surface area contributed by atoms with E-state index >= 15 is 0 Å². The molecule has 0 aliphatic heterocycles. The SMILES string of the molecule is CNc1ccnc(C(=O)Nc2ccc(C)c(F)c2)c1. The standard InChI is InChI=1S/C14H14FN3O/c1-9-3-4-11(7-12(9)15)18-14(19)13-8-10(16-2)5-6-17-13/h3-8H,1-2H3,(H,16,17)(H,18,19). The Morgan fingerprint density at radius 2 is 2.00 bits per heavy atom. The van der Waals surface area contributed by atoms with Gasteiger partial charge in [-0.25, -0.2) is 4.39 Å². The maximum Gasteiger partial charge on any atom is 0.274 e. The molecule has 0 radical (unpaired) electrons. The quantitative estimate of drug-likeness (QED) is 0.891. The number of aromatic nitrogens is 1. The lowest BCUT2D eigenvalue weighted by Crippen LogP contribution is -2.14. The van der Waals surface area contributed by atoms with Gasteiger partial charge >= 0.3 is 0 Å². The lowest BCUT2D eigenvalue weighted by atomic mass is 10.2. The van der Waals surface area contributed by atoms with E-state index in [1.165, 1.54) is 12.3 Å². The van der Waals surface area contributed by atoms with Gasteiger partial charge in [0.1, 0.15) is 11.5 Å². The van der Waals surface area contributed by atoms with Crippen LogP contribution in [0.4, 0.5) is 15.8 Å². The fourth-order valence-corrected chi connectivity index (χ4v) is 1.58. The molecule has 0 spiro atoms. The van der Waals surface area contributed by atoms with Crippen molar-refractivity contribution in [3.8, 4) is 0 Å². The molecule has 2 rings (SSSR count). The van der Waals surface area contributed by atoms with Gasteiger partial charge in [0, 0.05) is 24.6 Å². The number of halogens is 1. The second kappa shape index (κ2) is 5.48. The van der Waals surface area contributed by atoms with Crippen molar-refractivity contribution in [2.75, 3.05) is 17.7 Å². The molecular formula is C14H14FN3O. The van der Waals surface area contributed by atoms with Crippen molar-refractivity contribution in [1.29, 1.82) is 0 Å². The van der Waals surface area contributed by atoms with Gasteiger partial charge in [0.2, 0.25) is 0 Å². The van der Waals surface area contributed by atoms with Crippen molar-refractivity contribution >= 4 is 17.3 Å². The van der Waals surface area contributed by atoms with Gasteiger partial charge in [-0.05, 0) is 36.8 Å². The topological polar surface area (TPSA) is 54.0 Å². The highest BCUT2D eigenvalue weighted by atomic mass is 19.1. The van der Waals surface area contributed by atoms with Gasteiger partial charge in [-0.2, -0.15) is 0 Å². The fourth-order valence-electron chi connectivity index (χ4n) is 1.58. The molecule has 2 aromatic rings. The number of amides is 1. The third-order valence-electron chi connectivity index (χ3n) is 2.71. The Kier molecular flexibility index (Phi) is 3.75. The highest BCUT2D eigenvalue weighted by Gasteiger charge is 2.09. The molecule has 1 aromatic carbocycles. The summed E-state index contributed by atoms with van der Waals surface area (Å²) in [7, 11) is 1.76. The molecule has 4 nitrogen and oxygen atoms in total. The van der Waals surface area contributed by atoms with E-state index in [1.54, 1.807) is 38.2 Å². The molecule has 1 amide bonds. The van der Waals surface area contributed by atoms with E-state index in [-0.39, 0.29) is 17.4 Å². The lowest BCUT2D eigenvalue weighted by Gasteiger charge is -2.07. The Balaban J connectivity index is 2.18. The van der Waals surface area contributed by atoms with E-state index in [0.29, 0.717) is 11.3 Å². The Morgan fingerprint density at radius 3 is 2.68 bits per heavy atom. The van der Waals surface area contributed by atoms with Crippen LogP contribution in [0.1, 0.15) is 16.1 Å². The molecule has 0 bridgehead atoms. The van der Waals surface area contributed by atoms with Crippen LogP contribution in [0.15, 0.2) is 36.5 Å². The zero-order valence-corrected chi connectivity index (χ0v) is 10.7. The zero-order chi connectivity index (χ0) is 13.8. The number of hydrogen-bond acceptors (Lipinski definition) is 3. The van der Waals surface area contributed by atoms with Gasteiger partial charge in [0.25, 0.3) is 5.91 Å². The van der Waals surface area contributed by atoms with Crippen molar-refractivity contribution in [1.82, 2.24) is 4.98 Å². The normalized spacial score (nSPS) is 10.1. The lowest BCUT2D eigenvalue weighted by molar-refractivity contribution is 0.102. The van der Waals surface area contributed by atoms with Crippen LogP contribution in [-0.2, 0) is 0 Å². The van der Waals surface area contributed by atoms with Gasteiger partial charge < -0.3 is 10.6 Å². The van der Waals surface area contributed by atoms with Gasteiger partial charge in [0.05, 0.1) is 0 Å². The third-order valence-corrected chi connectivity index (χ3v) is 2.71. The largest absolute Gasteiger partial charge is 0.388 e. The second-order valence-electron chi connectivity index (χ2n) is 4.10. The molecule has 0 fully saturated rings. The second-order valence-corrected chi connectivity index (χ2v) is 4.10. The number of rotatable bonds is 3. The van der Waals surface area contributed by atoms with E-state index in [2.05, 4.69) is 15.6 Å². The molecule has 1 heterocycles. The van der Waals surface area contributed by atoms with E-state index in [0.717, 1.165) is 5.69 Å². The smallest absolute Gasteiger partial charge is 0.274 e. The molecule has 98 valence electrons. The first-order valence-corrected chi connectivity index (χ1v) is 5.81. The molecule has 0 aliphatic carbocycles. The van der Waals surface area contributed by atoms with Crippen LogP contribution in [0.25, 0.3) is 0 Å². The summed E-state index contributed by atoms with van der Waals surface area (Å²) in [6.07, 6.45) is 1.54. The van der Waals surface area contributed by atoms with Crippen LogP contribution >= 0.6 is 0 Å². The molecule has 0 unspecified atom stereocenters. The van der Waals surface area contributed by atoms with E-state index in [9.17, 15) is 9.18 Å². The Labute approximate surface area is 110 Å². The fraction of sp³-hybridized carbons (Fsp3) is 0.143. The van der Waals surface area contributed by atoms with E-state index < -0.39 is 0 Å². The van der Waals surface area contributed by atoms with Gasteiger partial charge in [-0.3, -0.25) is 9.78 Å². The summed E-state index contributed by atoms with van der Waals surface area (Å²) in [5, 5.41) is 5.53. The molecule has 5 heteroatoms. The number of anilines is 2. The summed E-state index contributed by atoms with van der Waals surface area (Å²) >= 11 is 0. The molecular weight excluding hydrogens is 245 g/mol. The van der Waals surface area contributed by atoms with Crippen molar-refractivity contribution in [3.05, 3.63) is 53.6 Å². The molecule has 0 aliphatic rings. The highest BCUT2D eigenvalue weighted by Crippen LogP contribution is 2.15. The van der Waals surface area contributed by atoms with Crippen LogP contribution in [0.5, 0.6) is 0 Å². The molecule has 0 atom stereocenters. The predicted molar refractivity (Wildman–Crippen MR) is 72.9 cm³/mol. The average molecular weight is 259 g/mol. The first-order valence-electron chi connectivity index (χ1n) is 5.81. The van der Waals surface area contributed by atoms with Gasteiger partial charge in [-0.15, -0.1) is 0 Å². The number of benzene rings is 1. The number of carbonyl (C=O) groups excluding carboxylic acids is 1. The monoisotopic (exact) mass is 259 g/mol. The Hall–Kier alpha value is -2.43. The minimum atomic E-state index is -0.375. The molecule has 19 heavy (non-hydrogen) atoms. The van der Waals surface area contributed by atoms with Crippen LogP contribution < -0.4 is 10.6 Å². The molecule has 1 aromatic heterocycles. The Morgan fingerprint density at radius 1 is 1.21 bits per heavy atom. The maximum atomic E-state index is 13.4. The predicted octanol–water partition coefficient (Wildman–Crippen LogP) is 2.82. The highest BCUT2D eigenvalue weighted by molar-refractivity contribution is 6.03. The van der Waals surface area contributed by atoms with Gasteiger partial charge in [-0.1, -0.05) is 6.07 Å². The van der Waals surface area contributed by atoms with Crippen LogP contribution in [0.2, 0.25) is 0 Å². The summed E-state index contributed by atoms with van der Waals surface area (Å²) < 4.78 is 13.4. The van der Waals surface area contributed by atoms with Crippen molar-refractivity contribution in [2.24, 2.45) is 0 Å². The molecule has 0 saturated carbocycles. The molecule has 0 saturated heterocycles. The summed E-state index contributed by atoms with van der Waals surface area (Å²) in [5.74, 6) is -0.727. The zero-order valence-electron chi connectivity index (χ0n) is 10.7. The van der Waals surface area contributed by atoms with E-state index in [1.807, 2.05) is 0 Å². The first kappa shape index (κ1) is 13.0. The first-order chi connectivity index (χ1) is 9.10. The molecule has 2 N–H and O–H groups in total. The summed E-state index contributed by atoms with van der Waals surface area (Å²) in [5.41, 5.74) is 2.00. The maximum absolute atomic E-state index is 13.4. The third kappa shape index (κ3) is 3.07. The number of nitrogens with zero attached hydrogens (tertiary/aromatic N) is 1. The number of nitrogens with one attached hydrogen (secondary N) is 2. The summed E-state index contributed by atoms with van der Waals surface area (Å²) in [4.78, 5) is 15.9. The Bertz CT molecular complexity index is 613. The van der Waals surface area contributed by atoms with Gasteiger partial charge in [0.15, 0.2) is 0 Å². The minimum absolute atomic E-state index is 0.271. The average Bonchev–Trinajstić information content (AvgIpc) is 2.43. The van der Waals surface area contributed by atoms with E-state index in [4.69, 9.17) is 0 Å². The van der Waals surface area contributed by atoms with Crippen LogP contribution in [0.3, 0.4) is 0 Å². The van der Waals surface area contributed by atoms with Crippen molar-refractivity contribution in [2.45, 2.75) is 6.92 Å². The van der Waals surface area contributed by atoms with Crippen molar-refractivity contribution in [3.63, 3.8) is 0 Å². The number of aryl methyl sites for hydroxylation is 1. The van der Waals surface area contributed by atoms with Crippen LogP contribution in [0, 0.1) is 12.7 Å². The number of hydrogen-bond donors (Lipinski definition) is 2. The van der Waals surface area contributed by atoms with Crippen molar-refractivity contribution < 1.29 is 9.18 Å². The summed E-state index contributed by atoms with van der Waals surface area (Å²) in [6.45, 7) is 1.67.